The van der Waals surface area contributed by atoms with E-state index in [1.54, 1.807) is 0 Å². The number of aliphatic hydroxyl groups excluding tert-OH is 4. The molecule has 7 N–H and O–H groups in total. The van der Waals surface area contributed by atoms with Crippen molar-refractivity contribution in [1.29, 1.82) is 5.41 Å². The summed E-state index contributed by atoms with van der Waals surface area (Å²) >= 11 is 0. The fraction of sp³-hybridized carbons (Fsp3) is 0.476. The Kier molecular flexibility index (Phi) is 11.1. The summed E-state index contributed by atoms with van der Waals surface area (Å²) < 4.78 is 51.8. The number of rotatable bonds is 11. The monoisotopic (exact) mass is 686 g/mol. The first-order valence-corrected chi connectivity index (χ1v) is 15.5. The molecule has 0 saturated carbocycles. The maximum absolute atomic E-state index is 12.5. The molecule has 5 rings (SSSR count). The van der Waals surface area contributed by atoms with Gasteiger partial charge in [-0.15, -0.1) is 0 Å². The largest absolute Gasteiger partial charge is 1.00 e. The van der Waals surface area contributed by atoms with Crippen molar-refractivity contribution in [3.05, 3.63) is 53.1 Å². The van der Waals surface area contributed by atoms with Crippen LogP contribution >= 0.6 is 15.6 Å². The molecule has 0 spiro atoms. The van der Waals surface area contributed by atoms with Crippen LogP contribution in [0.15, 0.2) is 42.0 Å². The van der Waals surface area contributed by atoms with E-state index < -0.39 is 89.4 Å². The van der Waals surface area contributed by atoms with Crippen molar-refractivity contribution in [2.75, 3.05) is 13.2 Å². The van der Waals surface area contributed by atoms with Gasteiger partial charge in [0, 0.05) is 11.6 Å². The summed E-state index contributed by atoms with van der Waals surface area (Å²) in [6.07, 6.45) is -8.25. The molecule has 24 heteroatoms. The second kappa shape index (κ2) is 14.0. The number of aliphatic hydroxyl groups is 4. The third kappa shape index (κ3) is 7.60. The van der Waals surface area contributed by atoms with Gasteiger partial charge in [0.2, 0.25) is 0 Å². The van der Waals surface area contributed by atoms with Crippen LogP contribution in [0.1, 0.15) is 18.0 Å². The maximum Gasteiger partial charge on any atom is 1.00 e. The van der Waals surface area contributed by atoms with Gasteiger partial charge in [-0.25, -0.2) is 18.8 Å². The number of aromatic nitrogens is 5. The number of hydrogen-bond donors (Lipinski definition) is 7. The Morgan fingerprint density at radius 3 is 2.60 bits per heavy atom. The van der Waals surface area contributed by atoms with Gasteiger partial charge in [0.05, 0.1) is 25.9 Å². The topological polar surface area (TPSA) is 319 Å². The van der Waals surface area contributed by atoms with E-state index in [9.17, 15) is 49.2 Å². The molecule has 0 bridgehead atoms. The second-order valence-electron chi connectivity index (χ2n) is 9.57. The minimum absolute atomic E-state index is 0. The molecule has 2 saturated heterocycles. The average Bonchev–Trinajstić information content (AvgIpc) is 3.61. The van der Waals surface area contributed by atoms with Crippen molar-refractivity contribution in [2.45, 2.75) is 49.1 Å². The van der Waals surface area contributed by atoms with Crippen LogP contribution in [0, 0.1) is 5.41 Å². The number of imidazole rings is 1. The van der Waals surface area contributed by atoms with Gasteiger partial charge in [-0.2, -0.15) is 4.57 Å². The van der Waals surface area contributed by atoms with Crippen LogP contribution in [0.3, 0.4) is 0 Å². The molecule has 0 radical (unpaired) electrons. The first-order chi connectivity index (χ1) is 20.7. The van der Waals surface area contributed by atoms with Gasteiger partial charge in [-0.05, 0) is 12.0 Å². The summed E-state index contributed by atoms with van der Waals surface area (Å²) in [5, 5.41) is 59.8. The van der Waals surface area contributed by atoms with Crippen LogP contribution in [-0.2, 0) is 32.0 Å². The number of aromatic amines is 1. The molecule has 2 aliphatic heterocycles. The normalized spacial score (nSPS) is 30.9. The minimum atomic E-state index is -5.81. The predicted molar refractivity (Wildman–Crippen MR) is 134 cm³/mol. The van der Waals surface area contributed by atoms with E-state index >= 15 is 0 Å². The molecule has 10 atom stereocenters. The number of pyridine rings is 1. The van der Waals surface area contributed by atoms with Crippen LogP contribution in [0.5, 0.6) is 0 Å². The summed E-state index contributed by atoms with van der Waals surface area (Å²) in [6.45, 7) is -1.86. The molecule has 240 valence electrons. The van der Waals surface area contributed by atoms with Crippen molar-refractivity contribution in [1.82, 2.24) is 19.5 Å². The summed E-state index contributed by atoms with van der Waals surface area (Å²) in [6, 6.07) is 2.65. The number of phosphoric ester groups is 2. The van der Waals surface area contributed by atoms with Gasteiger partial charge in [-0.1, -0.05) is 0 Å². The summed E-state index contributed by atoms with van der Waals surface area (Å²) in [5.74, 6) is -1.06. The zero-order valence-corrected chi connectivity index (χ0v) is 26.8. The van der Waals surface area contributed by atoms with Crippen molar-refractivity contribution in [3.8, 4) is 0 Å². The zero-order valence-electron chi connectivity index (χ0n) is 23.0. The van der Waals surface area contributed by atoms with Crippen LogP contribution in [0.2, 0.25) is 0 Å². The number of phosphoric acid groups is 2. The van der Waals surface area contributed by atoms with Gasteiger partial charge in [-0.3, -0.25) is 18.5 Å². The van der Waals surface area contributed by atoms with Crippen molar-refractivity contribution < 1.29 is 101 Å². The molecule has 0 aromatic carbocycles. The average molecular weight is 686 g/mol. The van der Waals surface area contributed by atoms with Gasteiger partial charge < -0.3 is 59.7 Å². The van der Waals surface area contributed by atoms with E-state index in [0.29, 0.717) is 0 Å². The molecular weight excluding hydrogens is 661 g/mol. The van der Waals surface area contributed by atoms with Crippen LogP contribution < -0.4 is 49.7 Å². The molecule has 21 nitrogen and oxygen atoms in total. The fourth-order valence-electron chi connectivity index (χ4n) is 4.66. The smallest absolute Gasteiger partial charge is 0.859 e. The van der Waals surface area contributed by atoms with Gasteiger partial charge in [0.25, 0.3) is 19.6 Å². The van der Waals surface area contributed by atoms with E-state index in [4.69, 9.17) is 19.4 Å². The number of H-pyrrole nitrogens is 1. The standard InChI is InChI=1S/C21H26N6O15P2.Na/c22-17(32)9-2-1-3-26(4-9)20-15(31)16(10(5-28)39-20)41-44(36,37)42-43(34,35)38-6-11-13(29)14(30)21(40-11)27-8-25-12-18(27)23-7-24-19(12)33;/h1-4,7-8,10-11,13-16,20-21,28-31H,5-6H2,(H4-,22,23,24,32,33,34,35,36,37);/q;+1/p-1/t10-,11-,13-,14-,15-,16-,20-,21-;/m1./s1. The molecule has 3 aromatic heterocycles. The molecule has 0 amide bonds. The van der Waals surface area contributed by atoms with Crippen LogP contribution in [-0.4, -0.2) is 101 Å². The predicted octanol–water partition coefficient (Wildman–Crippen LogP) is -7.35. The maximum atomic E-state index is 12.5. The third-order valence-corrected chi connectivity index (χ3v) is 9.30. The number of fused-ring (bicyclic) bond motifs is 1. The van der Waals surface area contributed by atoms with E-state index in [2.05, 4.69) is 23.8 Å². The van der Waals surface area contributed by atoms with E-state index in [1.807, 2.05) is 0 Å². The van der Waals surface area contributed by atoms with Crippen molar-refractivity contribution in [2.24, 2.45) is 0 Å². The second-order valence-corrected chi connectivity index (χ2v) is 12.5. The number of nitrogens with zero attached hydrogens (tertiary/aromatic N) is 4. The Hall–Kier alpha value is -2.01. The first-order valence-electron chi connectivity index (χ1n) is 12.5. The Labute approximate surface area is 273 Å². The molecule has 2 aliphatic rings. The summed E-state index contributed by atoms with van der Waals surface area (Å²) in [7, 11) is -11.3. The third-order valence-electron chi connectivity index (χ3n) is 6.70. The molecule has 0 aliphatic carbocycles. The van der Waals surface area contributed by atoms with E-state index in [1.165, 1.54) is 18.3 Å². The summed E-state index contributed by atoms with van der Waals surface area (Å²) in [5.41, 5.74) is -0.787. The Morgan fingerprint density at radius 1 is 1.18 bits per heavy atom. The van der Waals surface area contributed by atoms with Crippen molar-refractivity contribution in [3.63, 3.8) is 0 Å². The van der Waals surface area contributed by atoms with E-state index in [0.717, 1.165) is 28.0 Å². The van der Waals surface area contributed by atoms with Gasteiger partial charge >= 0.3 is 37.4 Å². The van der Waals surface area contributed by atoms with Gasteiger partial charge in [0.1, 0.15) is 30.5 Å². The molecule has 2 unspecified atom stereocenters. The van der Waals surface area contributed by atoms with Crippen molar-refractivity contribution >= 4 is 32.7 Å². The Bertz CT molecular complexity index is 1690. The van der Waals surface area contributed by atoms with E-state index in [-0.39, 0.29) is 46.3 Å². The summed E-state index contributed by atoms with van der Waals surface area (Å²) in [4.78, 5) is 44.6. The fourth-order valence-corrected chi connectivity index (χ4v) is 6.91. The molecular formula is C21H25N6NaO15P2. The zero-order chi connectivity index (χ0) is 32.0. The quantitative estimate of drug-likeness (QED) is 0.0324. The van der Waals surface area contributed by atoms with Crippen LogP contribution in [0.25, 0.3) is 11.2 Å². The Morgan fingerprint density at radius 2 is 1.91 bits per heavy atom. The SMILES string of the molecule is N=C([O-])c1ccc[n+]([C@@H]2O[C@H](CO)[C@@H](OP(=O)([O-])OP(=O)(O)OC[C@H]3O[C@@H](n4cnc5c(=O)[nH]cnc54)[C@H](O)[C@@H]3O)[C@H]2O)c1.[Na+]. The van der Waals surface area contributed by atoms with Crippen LogP contribution in [0.4, 0.5) is 0 Å². The minimum Gasteiger partial charge on any atom is -0.859 e. The molecule has 3 aromatic rings. The molecule has 45 heavy (non-hydrogen) atoms. The van der Waals surface area contributed by atoms with Gasteiger partial charge in [0.15, 0.2) is 35.9 Å². The Balaban J connectivity index is 0.00000461. The number of nitrogens with one attached hydrogen (secondary N) is 2. The first kappa shape index (κ1) is 35.8. The molecule has 2 fully saturated rings. The number of hydrogen-bond acceptors (Lipinski definition) is 17. The number of ether oxygens (including phenoxy) is 2. The molecule has 5 heterocycles.